The fourth-order valence-corrected chi connectivity index (χ4v) is 2.86. The molecule has 0 unspecified atom stereocenters. The summed E-state index contributed by atoms with van der Waals surface area (Å²) in [6.45, 7) is 8.02. The Kier molecular flexibility index (Phi) is 7.86. The Morgan fingerprint density at radius 1 is 0.926 bits per heavy atom. The summed E-state index contributed by atoms with van der Waals surface area (Å²) >= 11 is 0. The Morgan fingerprint density at radius 3 is 2.26 bits per heavy atom. The molecule has 0 radical (unpaired) electrons. The predicted molar refractivity (Wildman–Crippen MR) is 108 cm³/mol. The molecule has 144 valence electrons. The van der Waals surface area contributed by atoms with Gasteiger partial charge in [-0.3, -0.25) is 9.59 Å². The molecular weight excluding hydrogens is 340 g/mol. The highest BCUT2D eigenvalue weighted by atomic mass is 16.5. The van der Waals surface area contributed by atoms with Gasteiger partial charge in [-0.1, -0.05) is 26.0 Å². The van der Waals surface area contributed by atoms with Crippen molar-refractivity contribution < 1.29 is 14.3 Å². The van der Waals surface area contributed by atoms with Crippen molar-refractivity contribution in [1.29, 1.82) is 0 Å². The molecule has 2 amide bonds. The first-order valence-electron chi connectivity index (χ1n) is 9.52. The molecule has 0 fully saturated rings. The van der Waals surface area contributed by atoms with E-state index in [1.54, 1.807) is 42.5 Å². The van der Waals surface area contributed by atoms with Crippen molar-refractivity contribution in [3.05, 3.63) is 59.7 Å². The Morgan fingerprint density at radius 2 is 1.59 bits per heavy atom. The van der Waals surface area contributed by atoms with Gasteiger partial charge in [-0.05, 0) is 56.2 Å². The SMILES string of the molecule is CCCN(CCC)C(=O)c1cccc(NC(=O)c2cccc(OCC)c2)c1. The van der Waals surface area contributed by atoms with Gasteiger partial charge in [0.05, 0.1) is 6.61 Å². The largest absolute Gasteiger partial charge is 0.494 e. The van der Waals surface area contributed by atoms with E-state index in [2.05, 4.69) is 19.2 Å². The highest BCUT2D eigenvalue weighted by molar-refractivity contribution is 6.05. The molecule has 0 aromatic heterocycles. The summed E-state index contributed by atoms with van der Waals surface area (Å²) in [5, 5.41) is 2.86. The van der Waals surface area contributed by atoms with Crippen LogP contribution in [0.1, 0.15) is 54.3 Å². The summed E-state index contributed by atoms with van der Waals surface area (Å²) in [6.07, 6.45) is 1.83. The van der Waals surface area contributed by atoms with Gasteiger partial charge in [0, 0.05) is 29.9 Å². The third kappa shape index (κ3) is 5.84. The van der Waals surface area contributed by atoms with E-state index in [4.69, 9.17) is 4.74 Å². The van der Waals surface area contributed by atoms with E-state index in [1.165, 1.54) is 0 Å². The molecule has 2 aromatic carbocycles. The normalized spacial score (nSPS) is 10.3. The first kappa shape index (κ1) is 20.5. The van der Waals surface area contributed by atoms with Crippen LogP contribution < -0.4 is 10.1 Å². The summed E-state index contributed by atoms with van der Waals surface area (Å²) in [5.41, 5.74) is 1.69. The quantitative estimate of drug-likeness (QED) is 0.704. The van der Waals surface area contributed by atoms with Gasteiger partial charge in [-0.2, -0.15) is 0 Å². The monoisotopic (exact) mass is 368 g/mol. The highest BCUT2D eigenvalue weighted by Crippen LogP contribution is 2.17. The Balaban J connectivity index is 2.14. The third-order valence-corrected chi connectivity index (χ3v) is 4.05. The Hall–Kier alpha value is -2.82. The molecule has 0 aliphatic carbocycles. The lowest BCUT2D eigenvalue weighted by Gasteiger charge is -2.21. The first-order chi connectivity index (χ1) is 13.1. The smallest absolute Gasteiger partial charge is 0.255 e. The molecule has 0 saturated carbocycles. The standard InChI is InChI=1S/C22H28N2O3/c1-4-13-24(14-5-2)22(26)18-10-7-11-19(15-18)23-21(25)17-9-8-12-20(16-17)27-6-3/h7-12,15-16H,4-6,13-14H2,1-3H3,(H,23,25). The zero-order chi connectivity index (χ0) is 19.6. The van der Waals surface area contributed by atoms with Crippen molar-refractivity contribution in [2.45, 2.75) is 33.6 Å². The number of hydrogen-bond acceptors (Lipinski definition) is 3. The predicted octanol–water partition coefficient (Wildman–Crippen LogP) is 4.60. The van der Waals surface area contributed by atoms with Crippen LogP contribution in [0.3, 0.4) is 0 Å². The van der Waals surface area contributed by atoms with E-state index in [1.807, 2.05) is 17.9 Å². The number of hydrogen-bond donors (Lipinski definition) is 1. The van der Waals surface area contributed by atoms with E-state index < -0.39 is 0 Å². The maximum absolute atomic E-state index is 12.7. The molecule has 0 aliphatic rings. The second-order valence-corrected chi connectivity index (χ2v) is 6.29. The summed E-state index contributed by atoms with van der Waals surface area (Å²) < 4.78 is 5.44. The Labute approximate surface area is 161 Å². The van der Waals surface area contributed by atoms with E-state index in [0.717, 1.165) is 25.9 Å². The van der Waals surface area contributed by atoms with Gasteiger partial charge in [0.2, 0.25) is 0 Å². The van der Waals surface area contributed by atoms with Crippen LogP contribution in [0.2, 0.25) is 0 Å². The van der Waals surface area contributed by atoms with Gasteiger partial charge in [0.25, 0.3) is 11.8 Å². The van der Waals surface area contributed by atoms with Crippen LogP contribution in [0.4, 0.5) is 5.69 Å². The molecule has 5 nitrogen and oxygen atoms in total. The summed E-state index contributed by atoms with van der Waals surface area (Å²) in [6, 6.07) is 14.1. The van der Waals surface area contributed by atoms with E-state index in [-0.39, 0.29) is 11.8 Å². The van der Waals surface area contributed by atoms with Crippen molar-refractivity contribution >= 4 is 17.5 Å². The molecular formula is C22H28N2O3. The van der Waals surface area contributed by atoms with Crippen LogP contribution in [0.5, 0.6) is 5.75 Å². The number of anilines is 1. The highest BCUT2D eigenvalue weighted by Gasteiger charge is 2.15. The van der Waals surface area contributed by atoms with Gasteiger partial charge in [0.1, 0.15) is 5.75 Å². The minimum Gasteiger partial charge on any atom is -0.494 e. The molecule has 0 atom stereocenters. The van der Waals surface area contributed by atoms with Gasteiger partial charge in [-0.25, -0.2) is 0 Å². The molecule has 1 N–H and O–H groups in total. The lowest BCUT2D eigenvalue weighted by molar-refractivity contribution is 0.0755. The minimum atomic E-state index is -0.236. The van der Waals surface area contributed by atoms with E-state index >= 15 is 0 Å². The summed E-state index contributed by atoms with van der Waals surface area (Å²) in [5.74, 6) is 0.414. The summed E-state index contributed by atoms with van der Waals surface area (Å²) in [4.78, 5) is 27.1. The number of rotatable bonds is 9. The average Bonchev–Trinajstić information content (AvgIpc) is 2.68. The molecule has 2 aromatic rings. The van der Waals surface area contributed by atoms with E-state index in [0.29, 0.717) is 29.2 Å². The molecule has 5 heteroatoms. The van der Waals surface area contributed by atoms with Gasteiger partial charge in [0.15, 0.2) is 0 Å². The second kappa shape index (κ2) is 10.4. The molecule has 0 heterocycles. The summed E-state index contributed by atoms with van der Waals surface area (Å²) in [7, 11) is 0. The molecule has 27 heavy (non-hydrogen) atoms. The van der Waals surface area contributed by atoms with Crippen molar-refractivity contribution in [1.82, 2.24) is 4.90 Å². The van der Waals surface area contributed by atoms with Crippen LogP contribution in [-0.2, 0) is 0 Å². The number of nitrogens with zero attached hydrogens (tertiary/aromatic N) is 1. The third-order valence-electron chi connectivity index (χ3n) is 4.05. The Bertz CT molecular complexity index is 768. The fourth-order valence-electron chi connectivity index (χ4n) is 2.86. The van der Waals surface area contributed by atoms with Crippen molar-refractivity contribution in [3.8, 4) is 5.75 Å². The number of ether oxygens (including phenoxy) is 1. The van der Waals surface area contributed by atoms with Gasteiger partial charge < -0.3 is 15.0 Å². The van der Waals surface area contributed by atoms with Crippen LogP contribution >= 0.6 is 0 Å². The van der Waals surface area contributed by atoms with Gasteiger partial charge in [-0.15, -0.1) is 0 Å². The average molecular weight is 368 g/mol. The maximum atomic E-state index is 12.7. The van der Waals surface area contributed by atoms with Gasteiger partial charge >= 0.3 is 0 Å². The first-order valence-corrected chi connectivity index (χ1v) is 9.52. The number of carbonyl (C=O) groups is 2. The zero-order valence-corrected chi connectivity index (χ0v) is 16.3. The molecule has 2 rings (SSSR count). The minimum absolute atomic E-state index is 0.00635. The molecule has 0 bridgehead atoms. The number of nitrogens with one attached hydrogen (secondary N) is 1. The van der Waals surface area contributed by atoms with Crippen LogP contribution in [0.25, 0.3) is 0 Å². The maximum Gasteiger partial charge on any atom is 0.255 e. The van der Waals surface area contributed by atoms with E-state index in [9.17, 15) is 9.59 Å². The van der Waals surface area contributed by atoms with Crippen molar-refractivity contribution in [2.24, 2.45) is 0 Å². The van der Waals surface area contributed by atoms with Crippen molar-refractivity contribution in [3.63, 3.8) is 0 Å². The second-order valence-electron chi connectivity index (χ2n) is 6.29. The zero-order valence-electron chi connectivity index (χ0n) is 16.3. The number of amides is 2. The van der Waals surface area contributed by atoms with Crippen LogP contribution in [0.15, 0.2) is 48.5 Å². The van der Waals surface area contributed by atoms with Crippen LogP contribution in [-0.4, -0.2) is 36.4 Å². The fraction of sp³-hybridized carbons (Fsp3) is 0.364. The lowest BCUT2D eigenvalue weighted by Crippen LogP contribution is -2.32. The topological polar surface area (TPSA) is 58.6 Å². The molecule has 0 saturated heterocycles. The van der Waals surface area contributed by atoms with Crippen LogP contribution in [0, 0.1) is 0 Å². The number of benzene rings is 2. The molecule has 0 aliphatic heterocycles. The number of carbonyl (C=O) groups excluding carboxylic acids is 2. The lowest BCUT2D eigenvalue weighted by atomic mass is 10.1. The molecule has 0 spiro atoms. The van der Waals surface area contributed by atoms with Crippen molar-refractivity contribution in [2.75, 3.05) is 25.0 Å².